The molecule has 0 radical (unpaired) electrons. The van der Waals surface area contributed by atoms with E-state index in [1.807, 2.05) is 13.0 Å². The van der Waals surface area contributed by atoms with E-state index in [4.69, 9.17) is 10.00 Å². The number of hydrogen-bond acceptors (Lipinski definition) is 2. The fraction of sp³-hybridized carbons (Fsp3) is 0.300. The first-order chi connectivity index (χ1) is 6.69. The summed E-state index contributed by atoms with van der Waals surface area (Å²) < 4.78 is 18.9. The lowest BCUT2D eigenvalue weighted by Gasteiger charge is -2.06. The number of halogens is 2. The van der Waals surface area contributed by atoms with Crippen molar-refractivity contribution in [2.45, 2.75) is 13.3 Å². The highest BCUT2D eigenvalue weighted by atomic mass is 79.9. The number of nitrogens with zero attached hydrogens (tertiary/aromatic N) is 1. The van der Waals surface area contributed by atoms with Crippen molar-refractivity contribution >= 4 is 15.9 Å². The molecule has 0 unspecified atom stereocenters. The van der Waals surface area contributed by atoms with Gasteiger partial charge in [0.2, 0.25) is 0 Å². The lowest BCUT2D eigenvalue weighted by Crippen LogP contribution is -1.98. The molecule has 0 N–H and O–H groups in total. The molecule has 2 nitrogen and oxygen atoms in total. The molecular weight excluding hydrogens is 249 g/mol. The van der Waals surface area contributed by atoms with E-state index in [0.717, 1.165) is 12.5 Å². The molecule has 0 aromatic heterocycles. The van der Waals surface area contributed by atoms with E-state index < -0.39 is 5.82 Å². The SMILES string of the molecule is CCCOc1cc(Br)c(C#N)cc1F. The van der Waals surface area contributed by atoms with Crippen LogP contribution in [0.25, 0.3) is 0 Å². The topological polar surface area (TPSA) is 33.0 Å². The van der Waals surface area contributed by atoms with Crippen LogP contribution in [0.15, 0.2) is 16.6 Å². The molecule has 0 aliphatic heterocycles. The fourth-order valence-electron chi connectivity index (χ4n) is 0.937. The molecule has 0 bridgehead atoms. The predicted molar refractivity (Wildman–Crippen MR) is 54.6 cm³/mol. The van der Waals surface area contributed by atoms with Crippen LogP contribution in [0.5, 0.6) is 5.75 Å². The summed E-state index contributed by atoms with van der Waals surface area (Å²) in [6.07, 6.45) is 0.817. The monoisotopic (exact) mass is 257 g/mol. The van der Waals surface area contributed by atoms with Gasteiger partial charge in [0.1, 0.15) is 6.07 Å². The van der Waals surface area contributed by atoms with E-state index in [-0.39, 0.29) is 11.3 Å². The van der Waals surface area contributed by atoms with E-state index in [2.05, 4.69) is 15.9 Å². The average Bonchev–Trinajstić information content (AvgIpc) is 2.18. The van der Waals surface area contributed by atoms with Crippen LogP contribution in [-0.4, -0.2) is 6.61 Å². The number of rotatable bonds is 3. The second-order valence-electron chi connectivity index (χ2n) is 2.72. The first-order valence-corrected chi connectivity index (χ1v) is 5.00. The number of hydrogen-bond donors (Lipinski definition) is 0. The standard InChI is InChI=1S/C10H9BrFNO/c1-2-3-14-10-5-8(11)7(6-13)4-9(10)12/h4-5H,2-3H2,1H3. The first-order valence-electron chi connectivity index (χ1n) is 4.21. The molecule has 0 saturated carbocycles. The molecule has 0 atom stereocenters. The zero-order valence-electron chi connectivity index (χ0n) is 7.68. The van der Waals surface area contributed by atoms with E-state index in [0.29, 0.717) is 11.1 Å². The lowest BCUT2D eigenvalue weighted by atomic mass is 10.2. The fourth-order valence-corrected chi connectivity index (χ4v) is 1.35. The summed E-state index contributed by atoms with van der Waals surface area (Å²) in [5.41, 5.74) is 0.270. The molecular formula is C10H9BrFNO. The minimum atomic E-state index is -0.502. The van der Waals surface area contributed by atoms with E-state index in [1.165, 1.54) is 6.07 Å². The Morgan fingerprint density at radius 3 is 2.86 bits per heavy atom. The van der Waals surface area contributed by atoms with Gasteiger partial charge in [-0.25, -0.2) is 4.39 Å². The predicted octanol–water partition coefficient (Wildman–Crippen LogP) is 3.25. The van der Waals surface area contributed by atoms with Crippen molar-refractivity contribution in [1.29, 1.82) is 5.26 Å². The van der Waals surface area contributed by atoms with Crippen LogP contribution in [0, 0.1) is 17.1 Å². The highest BCUT2D eigenvalue weighted by Gasteiger charge is 2.08. The van der Waals surface area contributed by atoms with Crippen LogP contribution >= 0.6 is 15.9 Å². The molecule has 1 aromatic carbocycles. The van der Waals surface area contributed by atoms with Gasteiger partial charge >= 0.3 is 0 Å². The van der Waals surface area contributed by atoms with Crippen LogP contribution in [0.2, 0.25) is 0 Å². The second kappa shape index (κ2) is 4.97. The third-order valence-corrected chi connectivity index (χ3v) is 2.26. The molecule has 0 spiro atoms. The Labute approximate surface area is 90.4 Å². The van der Waals surface area contributed by atoms with Gasteiger partial charge in [0.25, 0.3) is 0 Å². The zero-order chi connectivity index (χ0) is 10.6. The van der Waals surface area contributed by atoms with Crippen LogP contribution in [0.4, 0.5) is 4.39 Å². The summed E-state index contributed by atoms with van der Waals surface area (Å²) in [5.74, 6) is -0.323. The maximum Gasteiger partial charge on any atom is 0.166 e. The minimum Gasteiger partial charge on any atom is -0.490 e. The molecule has 0 aliphatic carbocycles. The molecule has 1 aromatic rings. The van der Waals surface area contributed by atoms with E-state index in [9.17, 15) is 4.39 Å². The number of nitriles is 1. The Morgan fingerprint density at radius 1 is 1.57 bits per heavy atom. The van der Waals surface area contributed by atoms with Crippen molar-refractivity contribution < 1.29 is 9.13 Å². The van der Waals surface area contributed by atoms with Crippen LogP contribution in [0.3, 0.4) is 0 Å². The smallest absolute Gasteiger partial charge is 0.166 e. The summed E-state index contributed by atoms with van der Waals surface area (Å²) >= 11 is 3.16. The highest BCUT2D eigenvalue weighted by molar-refractivity contribution is 9.10. The quantitative estimate of drug-likeness (QED) is 0.833. The molecule has 0 aliphatic rings. The largest absolute Gasteiger partial charge is 0.490 e. The summed E-state index contributed by atoms with van der Waals surface area (Å²) in [5, 5.41) is 8.62. The summed E-state index contributed by atoms with van der Waals surface area (Å²) in [4.78, 5) is 0. The maximum atomic E-state index is 13.2. The lowest BCUT2D eigenvalue weighted by molar-refractivity contribution is 0.301. The maximum absolute atomic E-state index is 13.2. The normalized spacial score (nSPS) is 9.57. The minimum absolute atomic E-state index is 0.178. The van der Waals surface area contributed by atoms with Crippen molar-refractivity contribution in [2.24, 2.45) is 0 Å². The van der Waals surface area contributed by atoms with Crippen molar-refractivity contribution in [1.82, 2.24) is 0 Å². The second-order valence-corrected chi connectivity index (χ2v) is 3.58. The van der Waals surface area contributed by atoms with E-state index >= 15 is 0 Å². The van der Waals surface area contributed by atoms with Gasteiger partial charge in [0, 0.05) is 4.47 Å². The molecule has 0 amide bonds. The number of benzene rings is 1. The molecule has 1 rings (SSSR count). The van der Waals surface area contributed by atoms with Crippen molar-refractivity contribution in [2.75, 3.05) is 6.61 Å². The van der Waals surface area contributed by atoms with Crippen LogP contribution in [-0.2, 0) is 0 Å². The summed E-state index contributed by atoms with van der Waals surface area (Å²) in [6, 6.07) is 4.51. The van der Waals surface area contributed by atoms with Gasteiger partial charge in [0.05, 0.1) is 12.2 Å². The Balaban J connectivity index is 2.98. The molecule has 74 valence electrons. The van der Waals surface area contributed by atoms with Gasteiger partial charge in [0.15, 0.2) is 11.6 Å². The zero-order valence-corrected chi connectivity index (χ0v) is 9.27. The highest BCUT2D eigenvalue weighted by Crippen LogP contribution is 2.26. The molecule has 14 heavy (non-hydrogen) atoms. The van der Waals surface area contributed by atoms with Gasteiger partial charge in [-0.15, -0.1) is 0 Å². The number of ether oxygens (including phenoxy) is 1. The van der Waals surface area contributed by atoms with Crippen molar-refractivity contribution in [3.8, 4) is 11.8 Å². The van der Waals surface area contributed by atoms with Gasteiger partial charge in [-0.2, -0.15) is 5.26 Å². The molecule has 0 heterocycles. The summed E-state index contributed by atoms with van der Waals surface area (Å²) in [7, 11) is 0. The van der Waals surface area contributed by atoms with Gasteiger partial charge in [-0.05, 0) is 34.5 Å². The first kappa shape index (κ1) is 11.0. The van der Waals surface area contributed by atoms with Crippen LogP contribution in [0.1, 0.15) is 18.9 Å². The van der Waals surface area contributed by atoms with Crippen molar-refractivity contribution in [3.63, 3.8) is 0 Å². The average molecular weight is 258 g/mol. The Morgan fingerprint density at radius 2 is 2.29 bits per heavy atom. The Kier molecular flexibility index (Phi) is 3.90. The van der Waals surface area contributed by atoms with Crippen molar-refractivity contribution in [3.05, 3.63) is 28.0 Å². The Hall–Kier alpha value is -1.08. The third kappa shape index (κ3) is 2.46. The Bertz CT molecular complexity index is 373. The molecule has 0 fully saturated rings. The third-order valence-electron chi connectivity index (χ3n) is 1.60. The van der Waals surface area contributed by atoms with Gasteiger partial charge in [-0.3, -0.25) is 0 Å². The molecule has 0 saturated heterocycles. The van der Waals surface area contributed by atoms with Gasteiger partial charge < -0.3 is 4.74 Å². The van der Waals surface area contributed by atoms with E-state index in [1.54, 1.807) is 0 Å². The van der Waals surface area contributed by atoms with Crippen LogP contribution < -0.4 is 4.74 Å². The van der Waals surface area contributed by atoms with Gasteiger partial charge in [-0.1, -0.05) is 6.92 Å². The summed E-state index contributed by atoms with van der Waals surface area (Å²) in [6.45, 7) is 2.41. The molecule has 4 heteroatoms.